The van der Waals surface area contributed by atoms with Crippen molar-refractivity contribution in [2.24, 2.45) is 0 Å². The maximum Gasteiger partial charge on any atom is 0.180 e. The minimum Gasteiger partial charge on any atom is -0.455 e. The first-order valence-electron chi connectivity index (χ1n) is 17.7. The maximum atomic E-state index is 6.80. The Bertz CT molecular complexity index is 2800. The summed E-state index contributed by atoms with van der Waals surface area (Å²) in [6.07, 6.45) is 6.31. The number of hydrogen-bond donors (Lipinski definition) is 0. The molecule has 50 heavy (non-hydrogen) atoms. The van der Waals surface area contributed by atoms with Crippen LogP contribution in [0, 0.1) is 0 Å². The molecule has 2 aliphatic rings. The molecule has 6 aromatic carbocycles. The van der Waals surface area contributed by atoms with E-state index in [2.05, 4.69) is 97.1 Å². The molecule has 3 heterocycles. The van der Waals surface area contributed by atoms with Crippen LogP contribution in [0.25, 0.3) is 88.9 Å². The van der Waals surface area contributed by atoms with E-state index in [9.17, 15) is 0 Å². The molecule has 1 fully saturated rings. The standard InChI is InChI=1S/C46H32N2O2/c1-3-12-28(13-4-1)41-44-42(36-15-6-8-19-39(36)49-44)48-45(47-41)30-21-23-34-35-17-11-16-31(43(35)50-40(34)27-30)29-20-22-33-32-14-5-7-18-37(32)46(38(33)26-29)24-9-2-10-25-46/h1,3-8,11-23,26-27H,2,9-10,24-25H2. The van der Waals surface area contributed by atoms with E-state index in [0.29, 0.717) is 11.4 Å². The van der Waals surface area contributed by atoms with Gasteiger partial charge in [-0.1, -0.05) is 122 Å². The predicted molar refractivity (Wildman–Crippen MR) is 202 cm³/mol. The molecule has 0 N–H and O–H groups in total. The molecule has 0 amide bonds. The Hall–Kier alpha value is -6.00. The number of nitrogens with zero attached hydrogens (tertiary/aromatic N) is 2. The summed E-state index contributed by atoms with van der Waals surface area (Å²) in [6, 6.07) is 47.3. The van der Waals surface area contributed by atoms with Gasteiger partial charge in [0.05, 0.1) is 0 Å². The topological polar surface area (TPSA) is 52.1 Å². The third-order valence-corrected chi connectivity index (χ3v) is 11.3. The van der Waals surface area contributed by atoms with Crippen LogP contribution in [0.1, 0.15) is 43.2 Å². The fourth-order valence-electron chi connectivity index (χ4n) is 8.99. The van der Waals surface area contributed by atoms with Crippen molar-refractivity contribution in [3.8, 4) is 44.9 Å². The Morgan fingerprint density at radius 2 is 1.20 bits per heavy atom. The number of fused-ring (bicyclic) bond motifs is 11. The lowest BCUT2D eigenvalue weighted by atomic mass is 9.67. The minimum absolute atomic E-state index is 0.108. The van der Waals surface area contributed by atoms with Crippen molar-refractivity contribution in [3.05, 3.63) is 145 Å². The van der Waals surface area contributed by atoms with E-state index in [1.807, 2.05) is 36.4 Å². The van der Waals surface area contributed by atoms with Gasteiger partial charge in [-0.3, -0.25) is 0 Å². The number of hydrogen-bond acceptors (Lipinski definition) is 4. The quantitative estimate of drug-likeness (QED) is 0.192. The summed E-state index contributed by atoms with van der Waals surface area (Å²) in [6.45, 7) is 0. The van der Waals surface area contributed by atoms with E-state index < -0.39 is 0 Å². The Morgan fingerprint density at radius 1 is 0.460 bits per heavy atom. The van der Waals surface area contributed by atoms with Crippen molar-refractivity contribution in [1.82, 2.24) is 9.97 Å². The molecule has 0 bridgehead atoms. The normalized spacial score (nSPS) is 15.0. The van der Waals surface area contributed by atoms with Gasteiger partial charge in [0.1, 0.15) is 28.0 Å². The van der Waals surface area contributed by atoms with Crippen LogP contribution in [0.5, 0.6) is 0 Å². The summed E-state index contributed by atoms with van der Waals surface area (Å²) in [5.74, 6) is 0.640. The van der Waals surface area contributed by atoms with Gasteiger partial charge in [-0.05, 0) is 71.0 Å². The van der Waals surface area contributed by atoms with E-state index in [-0.39, 0.29) is 5.41 Å². The monoisotopic (exact) mass is 644 g/mol. The first-order chi connectivity index (χ1) is 24.7. The third kappa shape index (κ3) is 3.93. The Morgan fingerprint density at radius 3 is 2.12 bits per heavy atom. The summed E-state index contributed by atoms with van der Waals surface area (Å²) < 4.78 is 13.1. The Labute approximate surface area is 289 Å². The van der Waals surface area contributed by atoms with Gasteiger partial charge >= 0.3 is 0 Å². The van der Waals surface area contributed by atoms with Crippen molar-refractivity contribution in [1.29, 1.82) is 0 Å². The minimum atomic E-state index is 0.108. The van der Waals surface area contributed by atoms with Gasteiger partial charge in [-0.25, -0.2) is 9.97 Å². The average molecular weight is 645 g/mol. The molecule has 0 saturated heterocycles. The summed E-state index contributed by atoms with van der Waals surface area (Å²) in [5.41, 5.74) is 15.0. The highest BCUT2D eigenvalue weighted by Crippen LogP contribution is 2.56. The van der Waals surface area contributed by atoms with Crippen LogP contribution in [0.15, 0.2) is 142 Å². The van der Waals surface area contributed by atoms with Gasteiger partial charge in [0, 0.05) is 38.3 Å². The van der Waals surface area contributed by atoms with Gasteiger partial charge in [-0.15, -0.1) is 0 Å². The molecule has 3 aromatic heterocycles. The SMILES string of the molecule is c1ccc(-c2nc(-c3ccc4c(c3)oc3c(-c5ccc6c(c5)C5(CCCCC5)c5ccccc5-6)cccc34)nc3c2oc2ccccc23)cc1. The van der Waals surface area contributed by atoms with E-state index in [0.717, 1.165) is 60.8 Å². The first kappa shape index (κ1) is 27.9. The van der Waals surface area contributed by atoms with Crippen molar-refractivity contribution in [3.63, 3.8) is 0 Å². The van der Waals surface area contributed by atoms with Gasteiger partial charge in [-0.2, -0.15) is 0 Å². The van der Waals surface area contributed by atoms with Crippen LogP contribution in [-0.4, -0.2) is 9.97 Å². The van der Waals surface area contributed by atoms with Crippen LogP contribution in [-0.2, 0) is 5.41 Å². The van der Waals surface area contributed by atoms with E-state index >= 15 is 0 Å². The van der Waals surface area contributed by atoms with E-state index in [4.69, 9.17) is 18.8 Å². The molecule has 0 aliphatic heterocycles. The maximum absolute atomic E-state index is 6.80. The first-order valence-corrected chi connectivity index (χ1v) is 17.7. The van der Waals surface area contributed by atoms with Crippen LogP contribution in [0.3, 0.4) is 0 Å². The number of para-hydroxylation sites is 2. The number of rotatable bonds is 3. The van der Waals surface area contributed by atoms with Crippen molar-refractivity contribution < 1.29 is 8.83 Å². The van der Waals surface area contributed by atoms with E-state index in [1.54, 1.807) is 0 Å². The molecule has 0 unspecified atom stereocenters. The average Bonchev–Trinajstić information content (AvgIpc) is 3.83. The molecule has 1 spiro atoms. The van der Waals surface area contributed by atoms with Crippen molar-refractivity contribution >= 4 is 44.0 Å². The van der Waals surface area contributed by atoms with Gasteiger partial charge in [0.25, 0.3) is 0 Å². The second kappa shape index (κ2) is 10.5. The molecule has 0 radical (unpaired) electrons. The van der Waals surface area contributed by atoms with Gasteiger partial charge in [0.15, 0.2) is 11.4 Å². The highest BCUT2D eigenvalue weighted by Gasteiger charge is 2.43. The summed E-state index contributed by atoms with van der Waals surface area (Å²) in [4.78, 5) is 10.2. The van der Waals surface area contributed by atoms with Crippen molar-refractivity contribution in [2.45, 2.75) is 37.5 Å². The fourth-order valence-corrected chi connectivity index (χ4v) is 8.99. The van der Waals surface area contributed by atoms with Gasteiger partial charge in [0.2, 0.25) is 0 Å². The molecule has 2 aliphatic carbocycles. The molecule has 9 aromatic rings. The lowest BCUT2D eigenvalue weighted by Gasteiger charge is -2.36. The number of aromatic nitrogens is 2. The molecule has 238 valence electrons. The van der Waals surface area contributed by atoms with Crippen molar-refractivity contribution in [2.75, 3.05) is 0 Å². The van der Waals surface area contributed by atoms with Gasteiger partial charge < -0.3 is 8.83 Å². The Kier molecular flexibility index (Phi) is 5.86. The molecular formula is C46H32N2O2. The van der Waals surface area contributed by atoms with Crippen LogP contribution < -0.4 is 0 Å². The molecule has 1 saturated carbocycles. The molecule has 11 rings (SSSR count). The molecule has 0 atom stereocenters. The zero-order valence-corrected chi connectivity index (χ0v) is 27.4. The Balaban J connectivity index is 1.07. The van der Waals surface area contributed by atoms with E-state index in [1.165, 1.54) is 59.9 Å². The summed E-state index contributed by atoms with van der Waals surface area (Å²) in [5, 5.41) is 3.17. The van der Waals surface area contributed by atoms with Crippen LogP contribution in [0.4, 0.5) is 0 Å². The third-order valence-electron chi connectivity index (χ3n) is 11.3. The number of furan rings is 2. The zero-order valence-electron chi connectivity index (χ0n) is 27.4. The highest BCUT2D eigenvalue weighted by atomic mass is 16.3. The summed E-state index contributed by atoms with van der Waals surface area (Å²) in [7, 11) is 0. The van der Waals surface area contributed by atoms with Crippen LogP contribution in [0.2, 0.25) is 0 Å². The smallest absolute Gasteiger partial charge is 0.180 e. The second-order valence-electron chi connectivity index (χ2n) is 14.0. The van der Waals surface area contributed by atoms with Crippen LogP contribution >= 0.6 is 0 Å². The predicted octanol–water partition coefficient (Wildman–Crippen LogP) is 12.5. The molecule has 4 nitrogen and oxygen atoms in total. The lowest BCUT2D eigenvalue weighted by molar-refractivity contribution is 0.353. The highest BCUT2D eigenvalue weighted by molar-refractivity contribution is 6.11. The fraction of sp³-hybridized carbons (Fsp3) is 0.130. The summed E-state index contributed by atoms with van der Waals surface area (Å²) >= 11 is 0. The zero-order chi connectivity index (χ0) is 32.8. The molecule has 4 heteroatoms. The number of benzene rings is 6. The second-order valence-corrected chi connectivity index (χ2v) is 14.0. The lowest BCUT2D eigenvalue weighted by Crippen LogP contribution is -2.28. The molecular weight excluding hydrogens is 613 g/mol. The largest absolute Gasteiger partial charge is 0.455 e.